The maximum absolute atomic E-state index is 13.7. The van der Waals surface area contributed by atoms with Crippen molar-refractivity contribution in [2.75, 3.05) is 21.1 Å². The van der Waals surface area contributed by atoms with Crippen molar-refractivity contribution in [1.82, 2.24) is 14.8 Å². The summed E-state index contributed by atoms with van der Waals surface area (Å²) >= 11 is 0. The molecular formula is C22H24F3N5O2. The molecule has 1 aromatic heterocycles. The van der Waals surface area contributed by atoms with Gasteiger partial charge in [-0.1, -0.05) is 24.3 Å². The Morgan fingerprint density at radius 2 is 1.81 bits per heavy atom. The molecule has 0 aliphatic heterocycles. The molecule has 0 bridgehead atoms. The summed E-state index contributed by atoms with van der Waals surface area (Å²) in [6.45, 7) is 0.815. The van der Waals surface area contributed by atoms with Gasteiger partial charge in [0.1, 0.15) is 18.1 Å². The molecule has 0 aliphatic rings. The average molecular weight is 447 g/mol. The highest BCUT2D eigenvalue weighted by Crippen LogP contribution is 2.38. The fourth-order valence-corrected chi connectivity index (χ4v) is 3.28. The quantitative estimate of drug-likeness (QED) is 0.396. The molecule has 0 saturated carbocycles. The van der Waals surface area contributed by atoms with Gasteiger partial charge in [0.05, 0.1) is 11.1 Å². The number of guanidine groups is 1. The van der Waals surface area contributed by atoms with Gasteiger partial charge in [-0.05, 0) is 37.4 Å². The molecule has 2 aromatic carbocycles. The molecule has 0 saturated heterocycles. The number of benzene rings is 2. The first kappa shape index (κ1) is 23.1. The van der Waals surface area contributed by atoms with Crippen LogP contribution in [-0.4, -0.2) is 47.8 Å². The summed E-state index contributed by atoms with van der Waals surface area (Å²) in [5.74, 6) is -1.23. The lowest BCUT2D eigenvalue weighted by atomic mass is 10.1. The van der Waals surface area contributed by atoms with Crippen molar-refractivity contribution in [2.45, 2.75) is 19.3 Å². The second-order valence-electron chi connectivity index (χ2n) is 7.71. The molecule has 4 N–H and O–H groups in total. The van der Waals surface area contributed by atoms with Crippen molar-refractivity contribution in [2.24, 2.45) is 5.73 Å². The van der Waals surface area contributed by atoms with Crippen LogP contribution in [0.25, 0.3) is 10.9 Å². The van der Waals surface area contributed by atoms with E-state index in [0.29, 0.717) is 0 Å². The Morgan fingerprint density at radius 1 is 1.12 bits per heavy atom. The van der Waals surface area contributed by atoms with Crippen molar-refractivity contribution in [1.29, 1.82) is 5.41 Å². The van der Waals surface area contributed by atoms with Gasteiger partial charge in [-0.2, -0.15) is 13.2 Å². The van der Waals surface area contributed by atoms with Gasteiger partial charge >= 0.3 is 6.18 Å². The number of carbonyl (C=O) groups excluding carboxylic acids is 1. The van der Waals surface area contributed by atoms with E-state index in [1.165, 1.54) is 13.1 Å². The molecule has 0 atom stereocenters. The minimum atomic E-state index is -4.65. The van der Waals surface area contributed by atoms with Gasteiger partial charge in [0.25, 0.3) is 5.91 Å². The van der Waals surface area contributed by atoms with E-state index in [-0.39, 0.29) is 29.0 Å². The van der Waals surface area contributed by atoms with Crippen LogP contribution in [0.5, 0.6) is 5.75 Å². The highest BCUT2D eigenvalue weighted by atomic mass is 19.4. The minimum absolute atomic E-state index is 0.0172. The Bertz CT molecular complexity index is 1150. The molecule has 1 heterocycles. The number of hydrogen-bond acceptors (Lipinski definition) is 4. The normalized spacial score (nSPS) is 11.7. The smallest absolute Gasteiger partial charge is 0.417 e. The molecule has 0 radical (unpaired) electrons. The Morgan fingerprint density at radius 3 is 2.44 bits per heavy atom. The number of rotatable bonds is 6. The van der Waals surface area contributed by atoms with E-state index in [9.17, 15) is 18.0 Å². The number of aromatic amines is 1. The molecule has 0 aliphatic carbocycles. The topological polar surface area (TPSA) is 98.4 Å². The fourth-order valence-electron chi connectivity index (χ4n) is 3.28. The van der Waals surface area contributed by atoms with E-state index in [2.05, 4.69) is 4.98 Å². The zero-order valence-electron chi connectivity index (χ0n) is 17.9. The third kappa shape index (κ3) is 5.20. The van der Waals surface area contributed by atoms with Gasteiger partial charge in [0.2, 0.25) is 0 Å². The molecule has 0 spiro atoms. The zero-order valence-corrected chi connectivity index (χ0v) is 17.9. The van der Waals surface area contributed by atoms with Crippen LogP contribution >= 0.6 is 0 Å². The number of nitrogens with two attached hydrogens (primary N) is 1. The number of hydrogen-bond donors (Lipinski definition) is 3. The van der Waals surface area contributed by atoms with Crippen molar-refractivity contribution in [3.05, 3.63) is 64.8 Å². The molecule has 3 rings (SSSR count). The maximum atomic E-state index is 13.7. The number of carbonyl (C=O) groups is 1. The number of aromatic nitrogens is 1. The first-order valence-corrected chi connectivity index (χ1v) is 9.67. The molecule has 1 amide bonds. The van der Waals surface area contributed by atoms with E-state index in [1.54, 1.807) is 0 Å². The highest BCUT2D eigenvalue weighted by molar-refractivity contribution is 6.06. The summed E-state index contributed by atoms with van der Waals surface area (Å²) in [5, 5.41) is 7.18. The molecule has 0 fully saturated rings. The minimum Gasteiger partial charge on any atom is -0.489 e. The molecule has 3 aromatic rings. The fraction of sp³-hybridized carbons (Fsp3) is 0.273. The predicted molar refractivity (Wildman–Crippen MR) is 115 cm³/mol. The first-order chi connectivity index (χ1) is 15.0. The largest absolute Gasteiger partial charge is 0.489 e. The number of nitrogens with one attached hydrogen (secondary N) is 2. The summed E-state index contributed by atoms with van der Waals surface area (Å²) in [6.07, 6.45) is -4.65. The van der Waals surface area contributed by atoms with Crippen LogP contribution in [0, 0.1) is 5.41 Å². The van der Waals surface area contributed by atoms with Crippen LogP contribution in [0.1, 0.15) is 27.2 Å². The summed E-state index contributed by atoms with van der Waals surface area (Å²) in [4.78, 5) is 17.9. The summed E-state index contributed by atoms with van der Waals surface area (Å²) in [6, 6.07) is 11.1. The second kappa shape index (κ2) is 8.91. The number of nitrogens with zero attached hydrogens (tertiary/aromatic N) is 2. The standard InChI is InChI=1S/C22H24F3N5O2/c1-29(2)11-13-5-4-6-14(7-13)12-32-15-8-17(22(23,24)25)16-10-19(28-18(16)9-15)20(31)30(3)21(26)27/h4-10,28H,11-12H2,1-3H3,(H3,26,27). The molecule has 10 heteroatoms. The van der Waals surface area contributed by atoms with Gasteiger partial charge in [0.15, 0.2) is 5.96 Å². The summed E-state index contributed by atoms with van der Waals surface area (Å²) in [7, 11) is 5.15. The SMILES string of the molecule is CN(C)Cc1cccc(COc2cc(C(F)(F)F)c3cc(C(=O)N(C)C(=N)N)[nH]c3c2)c1. The third-order valence-corrected chi connectivity index (χ3v) is 4.81. The van der Waals surface area contributed by atoms with Gasteiger partial charge in [-0.15, -0.1) is 0 Å². The maximum Gasteiger partial charge on any atom is 0.417 e. The molecular weight excluding hydrogens is 423 g/mol. The Kier molecular flexibility index (Phi) is 6.45. The Balaban J connectivity index is 1.93. The van der Waals surface area contributed by atoms with Crippen LogP contribution < -0.4 is 10.5 Å². The van der Waals surface area contributed by atoms with Crippen molar-refractivity contribution >= 4 is 22.8 Å². The number of amides is 1. The molecule has 0 unspecified atom stereocenters. The van der Waals surface area contributed by atoms with Crippen LogP contribution in [-0.2, 0) is 19.3 Å². The monoisotopic (exact) mass is 447 g/mol. The highest BCUT2D eigenvalue weighted by Gasteiger charge is 2.34. The van der Waals surface area contributed by atoms with Crippen molar-refractivity contribution < 1.29 is 22.7 Å². The van der Waals surface area contributed by atoms with Gasteiger partial charge in [-0.3, -0.25) is 15.1 Å². The predicted octanol–water partition coefficient (Wildman–Crippen LogP) is 3.79. The molecule has 7 nitrogen and oxygen atoms in total. The Labute approximate surface area is 183 Å². The summed E-state index contributed by atoms with van der Waals surface area (Å²) in [5.41, 5.74) is 6.23. The van der Waals surface area contributed by atoms with E-state index in [0.717, 1.165) is 34.7 Å². The van der Waals surface area contributed by atoms with E-state index >= 15 is 0 Å². The van der Waals surface area contributed by atoms with Gasteiger partial charge in [-0.25, -0.2) is 0 Å². The lowest BCUT2D eigenvalue weighted by molar-refractivity contribution is -0.136. The zero-order chi connectivity index (χ0) is 23.6. The lowest BCUT2D eigenvalue weighted by Gasteiger charge is -2.13. The van der Waals surface area contributed by atoms with Gasteiger partial charge < -0.3 is 20.4 Å². The van der Waals surface area contributed by atoms with E-state index in [4.69, 9.17) is 15.9 Å². The second-order valence-corrected chi connectivity index (χ2v) is 7.71. The number of H-pyrrole nitrogens is 1. The van der Waals surface area contributed by atoms with Crippen LogP contribution in [0.15, 0.2) is 42.5 Å². The van der Waals surface area contributed by atoms with Crippen LogP contribution in [0.4, 0.5) is 13.2 Å². The van der Waals surface area contributed by atoms with E-state index < -0.39 is 23.6 Å². The van der Waals surface area contributed by atoms with Crippen molar-refractivity contribution in [3.8, 4) is 5.75 Å². The third-order valence-electron chi connectivity index (χ3n) is 4.81. The number of halogens is 3. The van der Waals surface area contributed by atoms with Crippen LogP contribution in [0.2, 0.25) is 0 Å². The number of ether oxygens (including phenoxy) is 1. The molecule has 32 heavy (non-hydrogen) atoms. The average Bonchev–Trinajstić information content (AvgIpc) is 3.13. The first-order valence-electron chi connectivity index (χ1n) is 9.67. The van der Waals surface area contributed by atoms with Gasteiger partial charge in [0, 0.05) is 25.0 Å². The number of alkyl halides is 3. The lowest BCUT2D eigenvalue weighted by Crippen LogP contribution is -2.38. The number of fused-ring (bicyclic) bond motifs is 1. The van der Waals surface area contributed by atoms with Crippen LogP contribution in [0.3, 0.4) is 0 Å². The van der Waals surface area contributed by atoms with Crippen molar-refractivity contribution in [3.63, 3.8) is 0 Å². The summed E-state index contributed by atoms with van der Waals surface area (Å²) < 4.78 is 46.8. The molecule has 170 valence electrons. The van der Waals surface area contributed by atoms with E-state index in [1.807, 2.05) is 43.3 Å². The Hall–Kier alpha value is -3.53.